The Kier molecular flexibility index (Phi) is 7.91. The van der Waals surface area contributed by atoms with Gasteiger partial charge in [0.2, 0.25) is 0 Å². The van der Waals surface area contributed by atoms with Crippen LogP contribution in [0.25, 0.3) is 27.7 Å². The minimum Gasteiger partial charge on any atom is -0.478 e. The molecule has 2 fully saturated rings. The molecule has 3 aliphatic rings. The Morgan fingerprint density at radius 1 is 1.11 bits per heavy atom. The van der Waals surface area contributed by atoms with Crippen LogP contribution in [-0.2, 0) is 11.5 Å². The second-order valence-electron chi connectivity index (χ2n) is 14.2. The van der Waals surface area contributed by atoms with E-state index in [0.29, 0.717) is 34.9 Å². The molecule has 2 aromatic carbocycles. The van der Waals surface area contributed by atoms with Gasteiger partial charge >= 0.3 is 5.97 Å². The molecular weight excluding hydrogens is 625 g/mol. The monoisotopic (exact) mass is 663 g/mol. The highest BCUT2D eigenvalue weighted by molar-refractivity contribution is 6.76. The number of carbonyl (C=O) groups is 1. The van der Waals surface area contributed by atoms with Crippen LogP contribution in [0.15, 0.2) is 53.2 Å². The van der Waals surface area contributed by atoms with E-state index in [1.807, 2.05) is 28.8 Å². The van der Waals surface area contributed by atoms with Gasteiger partial charge in [-0.25, -0.2) is 4.79 Å². The molecule has 7 rings (SSSR count). The molecule has 45 heavy (non-hydrogen) atoms. The summed E-state index contributed by atoms with van der Waals surface area (Å²) in [4.78, 5) is 14.4. The number of aromatic nitrogens is 2. The number of carboxylic acid groups (broad SMARTS) is 1. The summed E-state index contributed by atoms with van der Waals surface area (Å²) in [6.07, 6.45) is 9.47. The van der Waals surface area contributed by atoms with E-state index in [1.54, 1.807) is 6.20 Å². The molecule has 1 saturated heterocycles. The average Bonchev–Trinajstić information content (AvgIpc) is 3.63. The molecule has 0 bridgehead atoms. The lowest BCUT2D eigenvalue weighted by Crippen LogP contribution is -2.42. The van der Waals surface area contributed by atoms with Gasteiger partial charge < -0.3 is 23.8 Å². The zero-order valence-corrected chi connectivity index (χ0v) is 28.5. The van der Waals surface area contributed by atoms with Gasteiger partial charge in [0.1, 0.15) is 18.2 Å². The van der Waals surface area contributed by atoms with Crippen molar-refractivity contribution < 1.29 is 19.2 Å². The second kappa shape index (κ2) is 11.6. The smallest absolute Gasteiger partial charge is 0.337 e. The Hall–Kier alpha value is -3.04. The van der Waals surface area contributed by atoms with E-state index in [4.69, 9.17) is 32.5 Å². The maximum atomic E-state index is 12.0. The van der Waals surface area contributed by atoms with E-state index in [1.165, 1.54) is 5.57 Å². The van der Waals surface area contributed by atoms with Crippen molar-refractivity contribution >= 4 is 59.4 Å². The molecule has 2 aliphatic carbocycles. The number of carboxylic acids is 1. The number of nitrogens with zero attached hydrogens (tertiary/aromatic N) is 3. The molecule has 1 spiro atoms. The van der Waals surface area contributed by atoms with Crippen molar-refractivity contribution in [1.82, 2.24) is 9.72 Å². The molecule has 10 heteroatoms. The molecular formula is C35H39Cl2N3O4Si. The first kappa shape index (κ1) is 30.6. The number of aromatic carboxylic acids is 1. The topological polar surface area (TPSA) is 80.7 Å². The first-order chi connectivity index (χ1) is 21.5. The van der Waals surface area contributed by atoms with Crippen molar-refractivity contribution in [2.75, 3.05) is 24.6 Å². The number of allylic oxidation sites excluding steroid dienone is 2. The average molecular weight is 665 g/mol. The van der Waals surface area contributed by atoms with Gasteiger partial charge in [0.25, 0.3) is 0 Å². The molecule has 236 valence electrons. The Labute approximate surface area is 274 Å². The number of piperidine rings is 1. The highest BCUT2D eigenvalue weighted by Gasteiger charge is 2.44. The minimum absolute atomic E-state index is 0.149. The number of ether oxygens (including phenoxy) is 1. The number of benzene rings is 2. The summed E-state index contributed by atoms with van der Waals surface area (Å²) in [6.45, 7) is 9.87. The van der Waals surface area contributed by atoms with Gasteiger partial charge in [-0.1, -0.05) is 60.1 Å². The van der Waals surface area contributed by atoms with Crippen molar-refractivity contribution in [3.05, 3.63) is 75.6 Å². The molecule has 1 saturated carbocycles. The summed E-state index contributed by atoms with van der Waals surface area (Å²) < 4.78 is 13.9. The maximum Gasteiger partial charge on any atom is 0.337 e. The highest BCUT2D eigenvalue weighted by Crippen LogP contribution is 2.56. The molecule has 0 atom stereocenters. The second-order valence-corrected chi connectivity index (χ2v) is 20.6. The molecule has 1 N–H and O–H groups in total. The van der Waals surface area contributed by atoms with Gasteiger partial charge in [0.15, 0.2) is 0 Å². The molecule has 0 unspecified atom stereocenters. The normalized spacial score (nSPS) is 18.0. The van der Waals surface area contributed by atoms with Crippen LogP contribution in [-0.4, -0.2) is 48.6 Å². The summed E-state index contributed by atoms with van der Waals surface area (Å²) >= 11 is 13.2. The van der Waals surface area contributed by atoms with E-state index >= 15 is 0 Å². The lowest BCUT2D eigenvalue weighted by molar-refractivity contribution is 0.0696. The van der Waals surface area contributed by atoms with Crippen LogP contribution in [0.2, 0.25) is 35.7 Å². The summed E-state index contributed by atoms with van der Waals surface area (Å²) in [5, 5.41) is 16.3. The van der Waals surface area contributed by atoms with E-state index in [0.717, 1.165) is 90.4 Å². The number of halogens is 2. The number of hydrogen-bond acceptors (Lipinski definition) is 5. The van der Waals surface area contributed by atoms with E-state index in [-0.39, 0.29) is 5.41 Å². The summed E-state index contributed by atoms with van der Waals surface area (Å²) in [6, 6.07) is 12.8. The van der Waals surface area contributed by atoms with Crippen molar-refractivity contribution in [2.45, 2.75) is 70.4 Å². The standard InChI is InChI=1S/C35H39Cl2N3O4Si/c1-45(2,3)16-15-43-21-40-20-26(34(41)42)25-10-9-24(17-29(25)40)39-13-11-35(12-14-39)18-23(19-35)30-32(38-44-33(30)22-7-8-22)31-27(36)5-4-6-28(31)37/h4-6,9-10,17-18,20,22H,7-8,11-16,19,21H2,1-3H3,(H,41,42). The van der Waals surface area contributed by atoms with E-state index in [9.17, 15) is 9.90 Å². The lowest BCUT2D eigenvalue weighted by atomic mass is 9.63. The highest BCUT2D eigenvalue weighted by atomic mass is 35.5. The van der Waals surface area contributed by atoms with Gasteiger partial charge in [0, 0.05) is 62.1 Å². The Bertz CT molecular complexity index is 1790. The van der Waals surface area contributed by atoms with Crippen molar-refractivity contribution in [3.8, 4) is 11.3 Å². The van der Waals surface area contributed by atoms with Crippen molar-refractivity contribution in [3.63, 3.8) is 0 Å². The fourth-order valence-electron chi connectivity index (χ4n) is 6.84. The first-order valence-electron chi connectivity index (χ1n) is 15.9. The van der Waals surface area contributed by atoms with E-state index < -0.39 is 14.0 Å². The number of rotatable bonds is 10. The third-order valence-electron chi connectivity index (χ3n) is 9.66. The van der Waals surface area contributed by atoms with Crippen LogP contribution in [0.1, 0.15) is 59.7 Å². The van der Waals surface area contributed by atoms with Crippen LogP contribution in [0.3, 0.4) is 0 Å². The molecule has 0 radical (unpaired) electrons. The van der Waals surface area contributed by atoms with Crippen LogP contribution < -0.4 is 4.90 Å². The van der Waals surface area contributed by atoms with Crippen LogP contribution in [0.4, 0.5) is 5.69 Å². The molecule has 2 aromatic heterocycles. The van der Waals surface area contributed by atoms with E-state index in [2.05, 4.69) is 47.9 Å². The van der Waals surface area contributed by atoms with Crippen molar-refractivity contribution in [1.29, 1.82) is 0 Å². The third-order valence-corrected chi connectivity index (χ3v) is 12.0. The fraction of sp³-hybridized carbons (Fsp3) is 0.429. The van der Waals surface area contributed by atoms with Crippen LogP contribution >= 0.6 is 23.2 Å². The molecule has 7 nitrogen and oxygen atoms in total. The predicted octanol–water partition coefficient (Wildman–Crippen LogP) is 9.56. The Morgan fingerprint density at radius 3 is 2.47 bits per heavy atom. The van der Waals surface area contributed by atoms with Gasteiger partial charge in [-0.3, -0.25) is 0 Å². The van der Waals surface area contributed by atoms with Crippen LogP contribution in [0, 0.1) is 5.41 Å². The number of anilines is 1. The summed E-state index contributed by atoms with van der Waals surface area (Å²) in [5.41, 5.74) is 6.35. The molecule has 3 heterocycles. The van der Waals surface area contributed by atoms with Crippen LogP contribution in [0.5, 0.6) is 0 Å². The SMILES string of the molecule is C[Si](C)(C)CCOCn1cc(C(=O)O)c2ccc(N3CCC4(C=C(c5c(-c6c(Cl)cccc6Cl)noc5C5CC5)C4)CC3)cc21. The zero-order chi connectivity index (χ0) is 31.5. The lowest BCUT2D eigenvalue weighted by Gasteiger charge is -2.47. The van der Waals surface area contributed by atoms with Crippen molar-refractivity contribution in [2.24, 2.45) is 5.41 Å². The maximum absolute atomic E-state index is 12.0. The fourth-order valence-corrected chi connectivity index (χ4v) is 8.17. The summed E-state index contributed by atoms with van der Waals surface area (Å²) in [7, 11) is -1.21. The Morgan fingerprint density at radius 2 is 1.82 bits per heavy atom. The van der Waals surface area contributed by atoms with Gasteiger partial charge in [-0.05, 0) is 79.5 Å². The number of fused-ring (bicyclic) bond motifs is 1. The van der Waals surface area contributed by atoms with Gasteiger partial charge in [-0.2, -0.15) is 0 Å². The zero-order valence-electron chi connectivity index (χ0n) is 26.0. The van der Waals surface area contributed by atoms with Gasteiger partial charge in [0.05, 0.1) is 21.1 Å². The van der Waals surface area contributed by atoms with Gasteiger partial charge in [-0.15, -0.1) is 0 Å². The number of hydrogen-bond donors (Lipinski definition) is 1. The quantitative estimate of drug-likeness (QED) is 0.134. The molecule has 4 aromatic rings. The predicted molar refractivity (Wildman–Crippen MR) is 183 cm³/mol. The third kappa shape index (κ3) is 5.98. The minimum atomic E-state index is -1.21. The summed E-state index contributed by atoms with van der Waals surface area (Å²) in [5.74, 6) is 0.475. The first-order valence-corrected chi connectivity index (χ1v) is 20.3. The largest absolute Gasteiger partial charge is 0.478 e. The Balaban J connectivity index is 1.09. The molecule has 0 amide bonds. The molecule has 1 aliphatic heterocycles.